The summed E-state index contributed by atoms with van der Waals surface area (Å²) in [5.74, 6) is 0.854. The van der Waals surface area contributed by atoms with Crippen LogP contribution < -0.4 is 15.8 Å². The van der Waals surface area contributed by atoms with Crippen LogP contribution >= 0.6 is 12.4 Å². The van der Waals surface area contributed by atoms with Gasteiger partial charge in [0.1, 0.15) is 5.75 Å². The van der Waals surface area contributed by atoms with Crippen LogP contribution in [-0.4, -0.2) is 26.1 Å². The maximum atomic E-state index is 11.1. The minimum Gasteiger partial charge on any atom is -0.497 e. The van der Waals surface area contributed by atoms with Gasteiger partial charge in [0.25, 0.3) is 0 Å². The van der Waals surface area contributed by atoms with Gasteiger partial charge < -0.3 is 15.8 Å². The Morgan fingerprint density at radius 2 is 2.00 bits per heavy atom. The molecule has 17 heavy (non-hydrogen) atoms. The van der Waals surface area contributed by atoms with E-state index in [1.165, 1.54) is 5.56 Å². The average Bonchev–Trinajstić information content (AvgIpc) is 2.30. The molecule has 0 heterocycles. The molecule has 0 aromatic heterocycles. The highest BCUT2D eigenvalue weighted by Crippen LogP contribution is 2.11. The van der Waals surface area contributed by atoms with Gasteiger partial charge in [-0.25, -0.2) is 0 Å². The van der Waals surface area contributed by atoms with Gasteiger partial charge in [0.2, 0.25) is 5.91 Å². The quantitative estimate of drug-likeness (QED) is 0.804. The Balaban J connectivity index is 0.00000256. The van der Waals surface area contributed by atoms with Crippen molar-refractivity contribution in [2.24, 2.45) is 5.73 Å². The van der Waals surface area contributed by atoms with Crippen molar-refractivity contribution in [3.63, 3.8) is 0 Å². The molecule has 0 saturated carbocycles. The molecule has 0 atom stereocenters. The van der Waals surface area contributed by atoms with Crippen molar-refractivity contribution in [1.29, 1.82) is 0 Å². The monoisotopic (exact) mass is 258 g/mol. The number of benzene rings is 1. The predicted molar refractivity (Wildman–Crippen MR) is 70.6 cm³/mol. The van der Waals surface area contributed by atoms with Crippen LogP contribution in [0.25, 0.3) is 0 Å². The molecule has 0 radical (unpaired) electrons. The van der Waals surface area contributed by atoms with Crippen molar-refractivity contribution in [2.75, 3.05) is 20.2 Å². The molecule has 1 rings (SSSR count). The fraction of sp³-hybridized carbons (Fsp3) is 0.417. The summed E-state index contributed by atoms with van der Waals surface area (Å²) < 4.78 is 5.06. The van der Waals surface area contributed by atoms with Crippen molar-refractivity contribution < 1.29 is 9.53 Å². The van der Waals surface area contributed by atoms with E-state index < -0.39 is 0 Å². The number of carbonyl (C=O) groups excluding carboxylic acids is 1. The molecule has 0 aliphatic carbocycles. The SMILES string of the molecule is COc1ccc(CCNC(=O)CCN)cc1.Cl. The zero-order valence-electron chi connectivity index (χ0n) is 9.94. The van der Waals surface area contributed by atoms with Gasteiger partial charge in [0, 0.05) is 19.5 Å². The van der Waals surface area contributed by atoms with E-state index in [0.717, 1.165) is 12.2 Å². The first-order valence-electron chi connectivity index (χ1n) is 5.36. The van der Waals surface area contributed by atoms with Gasteiger partial charge in [-0.05, 0) is 24.1 Å². The molecule has 0 spiro atoms. The lowest BCUT2D eigenvalue weighted by molar-refractivity contribution is -0.120. The Morgan fingerprint density at radius 1 is 1.35 bits per heavy atom. The highest BCUT2D eigenvalue weighted by atomic mass is 35.5. The van der Waals surface area contributed by atoms with Gasteiger partial charge in [-0.2, -0.15) is 0 Å². The van der Waals surface area contributed by atoms with Crippen molar-refractivity contribution in [3.8, 4) is 5.75 Å². The van der Waals surface area contributed by atoms with E-state index in [0.29, 0.717) is 19.5 Å². The lowest BCUT2D eigenvalue weighted by Gasteiger charge is -2.05. The van der Waals surface area contributed by atoms with Gasteiger partial charge in [-0.3, -0.25) is 4.79 Å². The number of nitrogens with two attached hydrogens (primary N) is 1. The molecule has 96 valence electrons. The Labute approximate surface area is 108 Å². The summed E-state index contributed by atoms with van der Waals surface area (Å²) in [6, 6.07) is 7.82. The zero-order chi connectivity index (χ0) is 11.8. The molecule has 0 fully saturated rings. The molecule has 1 aromatic rings. The molecule has 0 bridgehead atoms. The second-order valence-corrected chi connectivity index (χ2v) is 3.49. The Bertz CT molecular complexity index is 328. The Hall–Kier alpha value is -1.26. The lowest BCUT2D eigenvalue weighted by Crippen LogP contribution is -2.27. The van der Waals surface area contributed by atoms with Gasteiger partial charge in [0.15, 0.2) is 0 Å². The van der Waals surface area contributed by atoms with Crippen molar-refractivity contribution in [1.82, 2.24) is 5.32 Å². The van der Waals surface area contributed by atoms with E-state index in [9.17, 15) is 4.79 Å². The molecule has 1 amide bonds. The molecule has 0 saturated heterocycles. The van der Waals surface area contributed by atoms with Gasteiger partial charge in [-0.15, -0.1) is 12.4 Å². The van der Waals surface area contributed by atoms with Crippen LogP contribution in [0, 0.1) is 0 Å². The maximum absolute atomic E-state index is 11.1. The largest absolute Gasteiger partial charge is 0.497 e. The van der Waals surface area contributed by atoms with Crippen molar-refractivity contribution >= 4 is 18.3 Å². The number of carbonyl (C=O) groups is 1. The fourth-order valence-corrected chi connectivity index (χ4v) is 1.36. The summed E-state index contributed by atoms with van der Waals surface area (Å²) in [4.78, 5) is 11.1. The first kappa shape index (κ1) is 15.7. The smallest absolute Gasteiger partial charge is 0.221 e. The molecule has 3 N–H and O–H groups in total. The van der Waals surface area contributed by atoms with Gasteiger partial charge >= 0.3 is 0 Å². The molecular formula is C12H19ClN2O2. The molecule has 1 aromatic carbocycles. The summed E-state index contributed by atoms with van der Waals surface area (Å²) in [5, 5.41) is 2.81. The number of nitrogens with one attached hydrogen (secondary N) is 1. The van der Waals surface area contributed by atoms with Crippen LogP contribution in [0.2, 0.25) is 0 Å². The van der Waals surface area contributed by atoms with Crippen LogP contribution in [0.5, 0.6) is 5.75 Å². The molecule has 0 aliphatic rings. The predicted octanol–water partition coefficient (Wildman–Crippen LogP) is 1.12. The third-order valence-electron chi connectivity index (χ3n) is 2.27. The number of hydrogen-bond donors (Lipinski definition) is 2. The maximum Gasteiger partial charge on any atom is 0.221 e. The summed E-state index contributed by atoms with van der Waals surface area (Å²) in [7, 11) is 1.64. The van der Waals surface area contributed by atoms with Crippen molar-refractivity contribution in [3.05, 3.63) is 29.8 Å². The van der Waals surface area contributed by atoms with E-state index in [2.05, 4.69) is 5.32 Å². The molecular weight excluding hydrogens is 240 g/mol. The minimum absolute atomic E-state index is 0. The fourth-order valence-electron chi connectivity index (χ4n) is 1.36. The van der Waals surface area contributed by atoms with Crippen molar-refractivity contribution in [2.45, 2.75) is 12.8 Å². The lowest BCUT2D eigenvalue weighted by atomic mass is 10.1. The van der Waals surface area contributed by atoms with E-state index in [4.69, 9.17) is 10.5 Å². The minimum atomic E-state index is 0. The second-order valence-electron chi connectivity index (χ2n) is 3.49. The summed E-state index contributed by atoms with van der Waals surface area (Å²) >= 11 is 0. The summed E-state index contributed by atoms with van der Waals surface area (Å²) in [6.45, 7) is 1.04. The average molecular weight is 259 g/mol. The molecule has 0 aliphatic heterocycles. The summed E-state index contributed by atoms with van der Waals surface area (Å²) in [6.07, 6.45) is 1.21. The molecule has 4 nitrogen and oxygen atoms in total. The highest BCUT2D eigenvalue weighted by Gasteiger charge is 1.99. The van der Waals surface area contributed by atoms with E-state index in [-0.39, 0.29) is 18.3 Å². The third-order valence-corrected chi connectivity index (χ3v) is 2.27. The second kappa shape index (κ2) is 8.84. The van der Waals surface area contributed by atoms with Gasteiger partial charge in [0.05, 0.1) is 7.11 Å². The standard InChI is InChI=1S/C12H18N2O2.ClH/c1-16-11-4-2-10(3-5-11)7-9-14-12(15)6-8-13;/h2-5H,6-9,13H2,1H3,(H,14,15);1H. The zero-order valence-corrected chi connectivity index (χ0v) is 10.8. The Kier molecular flexibility index (Phi) is 8.19. The number of methoxy groups -OCH3 is 1. The number of rotatable bonds is 6. The van der Waals surface area contributed by atoms with E-state index in [1.807, 2.05) is 24.3 Å². The Morgan fingerprint density at radius 3 is 2.53 bits per heavy atom. The van der Waals surface area contributed by atoms with E-state index in [1.54, 1.807) is 7.11 Å². The topological polar surface area (TPSA) is 64.3 Å². The summed E-state index contributed by atoms with van der Waals surface area (Å²) in [5.41, 5.74) is 6.44. The van der Waals surface area contributed by atoms with Crippen LogP contribution in [0.1, 0.15) is 12.0 Å². The molecule has 0 unspecified atom stereocenters. The van der Waals surface area contributed by atoms with Gasteiger partial charge in [-0.1, -0.05) is 12.1 Å². The van der Waals surface area contributed by atoms with Crippen LogP contribution in [0.15, 0.2) is 24.3 Å². The number of hydrogen-bond acceptors (Lipinski definition) is 3. The first-order chi connectivity index (χ1) is 7.76. The van der Waals surface area contributed by atoms with Crippen LogP contribution in [0.4, 0.5) is 0 Å². The van der Waals surface area contributed by atoms with Crippen LogP contribution in [0.3, 0.4) is 0 Å². The number of halogens is 1. The highest BCUT2D eigenvalue weighted by molar-refractivity contribution is 5.85. The first-order valence-corrected chi connectivity index (χ1v) is 5.36. The third kappa shape index (κ3) is 6.14. The van der Waals surface area contributed by atoms with Crippen LogP contribution in [-0.2, 0) is 11.2 Å². The number of amides is 1. The van der Waals surface area contributed by atoms with E-state index >= 15 is 0 Å². The number of ether oxygens (including phenoxy) is 1. The molecule has 5 heteroatoms. The normalized spacial score (nSPS) is 9.29.